The standard InChI is InChI=1S/C34H30F6N4O4/c35-33(36,37)47-31-10-3-1-6-23(31)17-27(45)19-25-12-14-29(43-41-25)21-8-5-9-22(16-21)30-15-13-26(42-44-30)20-28(46)18-24-7-2-4-11-32(24)48-34(38,39)40/h1-4,6-7,10-15,21-22H,5,8-9,16-20H2/t21-,22-/m0/s1. The summed E-state index contributed by atoms with van der Waals surface area (Å²) in [5.74, 6) is -1.35. The van der Waals surface area contributed by atoms with Gasteiger partial charge in [0.05, 0.1) is 35.6 Å². The summed E-state index contributed by atoms with van der Waals surface area (Å²) in [4.78, 5) is 25.3. The number of carbonyl (C=O) groups excluding carboxylic acids is 2. The number of aromatic nitrogens is 4. The number of nitrogens with zero attached hydrogens (tertiary/aromatic N) is 4. The second-order valence-corrected chi connectivity index (χ2v) is 11.6. The van der Waals surface area contributed by atoms with Gasteiger partial charge in [-0.15, -0.1) is 26.3 Å². The molecular formula is C34H30F6N4O4. The summed E-state index contributed by atoms with van der Waals surface area (Å²) in [5, 5.41) is 17.1. The largest absolute Gasteiger partial charge is 0.573 e. The van der Waals surface area contributed by atoms with Crippen molar-refractivity contribution < 1.29 is 45.4 Å². The molecule has 1 aliphatic rings. The molecule has 0 radical (unpaired) electrons. The molecule has 0 spiro atoms. The Morgan fingerprint density at radius 1 is 0.583 bits per heavy atom. The van der Waals surface area contributed by atoms with Crippen LogP contribution in [-0.2, 0) is 35.3 Å². The fourth-order valence-electron chi connectivity index (χ4n) is 5.79. The third-order valence-electron chi connectivity index (χ3n) is 7.92. The SMILES string of the molecule is O=C(Cc1ccc([C@H]2CCC[C@H](c3ccc(CC(=O)Cc4ccccc4OC(F)(F)F)nn3)C2)nn1)Cc1ccccc1OC(F)(F)F. The topological polar surface area (TPSA) is 104 Å². The van der Waals surface area contributed by atoms with Crippen molar-refractivity contribution in [2.75, 3.05) is 0 Å². The normalized spacial score (nSPS) is 16.7. The smallest absolute Gasteiger partial charge is 0.405 e. The molecule has 2 atom stereocenters. The number of rotatable bonds is 12. The molecule has 1 fully saturated rings. The molecule has 5 rings (SSSR count). The molecule has 0 bridgehead atoms. The van der Waals surface area contributed by atoms with Gasteiger partial charge in [-0.1, -0.05) is 42.8 Å². The third kappa shape index (κ3) is 10.1. The molecule has 8 nitrogen and oxygen atoms in total. The van der Waals surface area contributed by atoms with Crippen molar-refractivity contribution in [2.24, 2.45) is 0 Å². The molecule has 2 aromatic carbocycles. The maximum atomic E-state index is 12.7. The first-order valence-corrected chi connectivity index (χ1v) is 15.2. The summed E-state index contributed by atoms with van der Waals surface area (Å²) < 4.78 is 84.3. The molecule has 0 amide bonds. The van der Waals surface area contributed by atoms with Crippen molar-refractivity contribution in [3.8, 4) is 11.5 Å². The maximum Gasteiger partial charge on any atom is 0.573 e. The van der Waals surface area contributed by atoms with E-state index in [-0.39, 0.29) is 60.2 Å². The van der Waals surface area contributed by atoms with Crippen molar-refractivity contribution >= 4 is 11.6 Å². The Kier molecular flexibility index (Phi) is 10.7. The molecule has 2 aromatic heterocycles. The van der Waals surface area contributed by atoms with Crippen LogP contribution in [-0.4, -0.2) is 44.7 Å². The van der Waals surface area contributed by atoms with E-state index in [2.05, 4.69) is 29.9 Å². The Hall–Kier alpha value is -4.88. The van der Waals surface area contributed by atoms with Crippen molar-refractivity contribution in [1.29, 1.82) is 0 Å². The van der Waals surface area contributed by atoms with Gasteiger partial charge in [0.1, 0.15) is 23.1 Å². The van der Waals surface area contributed by atoms with Crippen molar-refractivity contribution in [1.82, 2.24) is 20.4 Å². The Bertz CT molecular complexity index is 1590. The van der Waals surface area contributed by atoms with Gasteiger partial charge in [0.2, 0.25) is 0 Å². The van der Waals surface area contributed by atoms with E-state index in [1.54, 1.807) is 12.1 Å². The molecule has 0 aliphatic heterocycles. The molecule has 252 valence electrons. The second-order valence-electron chi connectivity index (χ2n) is 11.6. The van der Waals surface area contributed by atoms with E-state index in [0.29, 0.717) is 11.4 Å². The minimum atomic E-state index is -4.87. The summed E-state index contributed by atoms with van der Waals surface area (Å²) in [6.45, 7) is 0. The van der Waals surface area contributed by atoms with Crippen LogP contribution >= 0.6 is 0 Å². The number of alkyl halides is 6. The lowest BCUT2D eigenvalue weighted by molar-refractivity contribution is -0.275. The first-order valence-electron chi connectivity index (χ1n) is 15.2. The summed E-state index contributed by atoms with van der Waals surface area (Å²) in [7, 11) is 0. The van der Waals surface area contributed by atoms with E-state index in [1.807, 2.05) is 12.1 Å². The van der Waals surface area contributed by atoms with Crippen LogP contribution in [0.15, 0.2) is 72.8 Å². The number of ketones is 2. The van der Waals surface area contributed by atoms with Crippen molar-refractivity contribution in [3.63, 3.8) is 0 Å². The van der Waals surface area contributed by atoms with Gasteiger partial charge in [-0.25, -0.2) is 0 Å². The summed E-state index contributed by atoms with van der Waals surface area (Å²) in [6, 6.07) is 18.0. The first kappa shape index (κ1) is 34.5. The molecular weight excluding hydrogens is 642 g/mol. The zero-order chi connectivity index (χ0) is 34.3. The molecule has 48 heavy (non-hydrogen) atoms. The monoisotopic (exact) mass is 672 g/mol. The van der Waals surface area contributed by atoms with Gasteiger partial charge in [0.25, 0.3) is 0 Å². The van der Waals surface area contributed by atoms with Crippen LogP contribution in [0.4, 0.5) is 26.3 Å². The second kappa shape index (κ2) is 14.9. The number of para-hydroxylation sites is 2. The minimum Gasteiger partial charge on any atom is -0.405 e. The molecule has 14 heteroatoms. The van der Waals surface area contributed by atoms with Crippen LogP contribution in [0.1, 0.15) is 71.4 Å². The Labute approximate surface area is 271 Å². The van der Waals surface area contributed by atoms with Crippen LogP contribution in [0, 0.1) is 0 Å². The fraction of sp³-hybridized carbons (Fsp3) is 0.353. The van der Waals surface area contributed by atoms with E-state index < -0.39 is 24.2 Å². The Balaban J connectivity index is 1.14. The van der Waals surface area contributed by atoms with Gasteiger partial charge in [-0.3, -0.25) is 9.59 Å². The predicted octanol–water partition coefficient (Wildman–Crippen LogP) is 7.21. The predicted molar refractivity (Wildman–Crippen MR) is 159 cm³/mol. The number of ether oxygens (including phenoxy) is 2. The van der Waals surface area contributed by atoms with Crippen LogP contribution < -0.4 is 9.47 Å². The number of hydrogen-bond donors (Lipinski definition) is 0. The Morgan fingerprint density at radius 3 is 1.38 bits per heavy atom. The molecule has 4 aromatic rings. The minimum absolute atomic E-state index is 0.0782. The van der Waals surface area contributed by atoms with Crippen LogP contribution in [0.2, 0.25) is 0 Å². The zero-order valence-electron chi connectivity index (χ0n) is 25.4. The van der Waals surface area contributed by atoms with E-state index in [1.165, 1.54) is 36.4 Å². The number of halogens is 6. The number of benzene rings is 2. The quantitative estimate of drug-likeness (QED) is 0.146. The fourth-order valence-corrected chi connectivity index (χ4v) is 5.79. The van der Waals surface area contributed by atoms with Gasteiger partial charge in [-0.05, 0) is 55.7 Å². The van der Waals surface area contributed by atoms with Crippen LogP contribution in [0.5, 0.6) is 11.5 Å². The highest BCUT2D eigenvalue weighted by atomic mass is 19.4. The first-order chi connectivity index (χ1) is 22.8. The van der Waals surface area contributed by atoms with Gasteiger partial charge in [-0.2, -0.15) is 20.4 Å². The maximum absolute atomic E-state index is 12.7. The Morgan fingerprint density at radius 2 is 1.00 bits per heavy atom. The van der Waals surface area contributed by atoms with Crippen molar-refractivity contribution in [3.05, 3.63) is 107 Å². The van der Waals surface area contributed by atoms with Crippen molar-refractivity contribution in [2.45, 2.75) is 75.9 Å². The molecule has 0 unspecified atom stereocenters. The van der Waals surface area contributed by atoms with E-state index in [9.17, 15) is 35.9 Å². The van der Waals surface area contributed by atoms with Crippen LogP contribution in [0.25, 0.3) is 0 Å². The van der Waals surface area contributed by atoms with Gasteiger partial charge < -0.3 is 9.47 Å². The molecule has 0 saturated heterocycles. The summed E-state index contributed by atoms with van der Waals surface area (Å²) >= 11 is 0. The van der Waals surface area contributed by atoms with E-state index >= 15 is 0 Å². The molecule has 1 aliphatic carbocycles. The average Bonchev–Trinajstić information content (AvgIpc) is 3.02. The van der Waals surface area contributed by atoms with E-state index in [4.69, 9.17) is 0 Å². The number of carbonyl (C=O) groups is 2. The van der Waals surface area contributed by atoms with Gasteiger partial charge >= 0.3 is 12.7 Å². The summed E-state index contributed by atoms with van der Waals surface area (Å²) in [6.07, 6.45) is -7.06. The van der Waals surface area contributed by atoms with E-state index in [0.717, 1.165) is 49.2 Å². The average molecular weight is 673 g/mol. The number of Topliss-reactive ketones (excluding diaryl/α,β-unsaturated/α-hetero) is 2. The lowest BCUT2D eigenvalue weighted by atomic mass is 9.78. The lowest BCUT2D eigenvalue weighted by Crippen LogP contribution is -2.19. The zero-order valence-corrected chi connectivity index (χ0v) is 25.4. The van der Waals surface area contributed by atoms with Gasteiger partial charge in [0.15, 0.2) is 0 Å². The van der Waals surface area contributed by atoms with Gasteiger partial charge in [0, 0.05) is 35.8 Å². The molecule has 2 heterocycles. The highest BCUT2D eigenvalue weighted by Gasteiger charge is 2.33. The third-order valence-corrected chi connectivity index (χ3v) is 7.92. The highest BCUT2D eigenvalue weighted by Crippen LogP contribution is 2.40. The lowest BCUT2D eigenvalue weighted by Gasteiger charge is -2.28. The van der Waals surface area contributed by atoms with Crippen LogP contribution in [0.3, 0.4) is 0 Å². The number of hydrogen-bond acceptors (Lipinski definition) is 8. The molecule has 0 N–H and O–H groups in total. The molecule has 1 saturated carbocycles. The highest BCUT2D eigenvalue weighted by molar-refractivity contribution is 5.83. The summed E-state index contributed by atoms with van der Waals surface area (Å²) in [5.41, 5.74) is 2.56.